The van der Waals surface area contributed by atoms with E-state index in [1.54, 1.807) is 36.3 Å². The van der Waals surface area contributed by atoms with Crippen molar-refractivity contribution in [3.8, 4) is 17.2 Å². The fraction of sp³-hybridized carbons (Fsp3) is 0.290. The first kappa shape index (κ1) is 28.2. The summed E-state index contributed by atoms with van der Waals surface area (Å²) >= 11 is 12.4. The van der Waals surface area contributed by atoms with Crippen LogP contribution in [-0.4, -0.2) is 60.8 Å². The number of hydrogen-bond donors (Lipinski definition) is 2. The molecule has 3 heterocycles. The highest BCUT2D eigenvalue weighted by Crippen LogP contribution is 2.42. The zero-order valence-corrected chi connectivity index (χ0v) is 24.6. The number of hydrogen-bond acceptors (Lipinski definition) is 7. The molecule has 11 heteroatoms. The van der Waals surface area contributed by atoms with Crippen molar-refractivity contribution < 1.29 is 19.0 Å². The summed E-state index contributed by atoms with van der Waals surface area (Å²) in [7, 11) is 1.62. The van der Waals surface area contributed by atoms with E-state index in [4.69, 9.17) is 37.4 Å². The van der Waals surface area contributed by atoms with Gasteiger partial charge in [0.25, 0.3) is 0 Å². The topological polar surface area (TPSA) is 91.4 Å². The Kier molecular flexibility index (Phi) is 8.41. The van der Waals surface area contributed by atoms with Crippen molar-refractivity contribution in [1.29, 1.82) is 0 Å². The van der Waals surface area contributed by atoms with Gasteiger partial charge in [0.2, 0.25) is 0 Å². The molecule has 0 saturated carbocycles. The van der Waals surface area contributed by atoms with E-state index in [0.29, 0.717) is 53.5 Å². The van der Waals surface area contributed by atoms with Gasteiger partial charge < -0.3 is 19.2 Å². The standard InChI is InChI=1S/C31H31Cl2N5O4/c1-40-28-16-20(4-11-27(28)41-15-3-2-13-37-19-34-18-35-37)30-29-24(25-17-22(33)7-10-26(25)36-29)12-14-38(30)31(39)42-23-8-5-21(32)6-9-23/h4-11,16-17,19,30,35-36H,2-3,12-15,18H2,1H3. The Bertz CT molecular complexity index is 1610. The van der Waals surface area contributed by atoms with Crippen LogP contribution in [0.4, 0.5) is 4.79 Å². The third-order valence-corrected chi connectivity index (χ3v) is 7.97. The van der Waals surface area contributed by atoms with Crippen molar-refractivity contribution >= 4 is 46.5 Å². The van der Waals surface area contributed by atoms with E-state index in [9.17, 15) is 4.79 Å². The molecule has 42 heavy (non-hydrogen) atoms. The van der Waals surface area contributed by atoms with Gasteiger partial charge in [-0.25, -0.2) is 10.2 Å². The van der Waals surface area contributed by atoms with E-state index < -0.39 is 12.1 Å². The lowest BCUT2D eigenvalue weighted by Crippen LogP contribution is -2.42. The number of carbonyl (C=O) groups is 1. The van der Waals surface area contributed by atoms with Crippen molar-refractivity contribution in [1.82, 2.24) is 20.3 Å². The summed E-state index contributed by atoms with van der Waals surface area (Å²) in [6, 6.07) is 17.9. The van der Waals surface area contributed by atoms with Gasteiger partial charge in [-0.15, -0.1) is 0 Å². The van der Waals surface area contributed by atoms with E-state index in [1.807, 2.05) is 47.7 Å². The number of carbonyl (C=O) groups excluding carboxylic acids is 1. The number of hydrazine groups is 1. The number of ether oxygens (including phenoxy) is 3. The highest BCUT2D eigenvalue weighted by atomic mass is 35.5. The van der Waals surface area contributed by atoms with E-state index in [0.717, 1.165) is 47.1 Å². The normalized spacial score (nSPS) is 16.1. The molecule has 1 unspecified atom stereocenters. The summed E-state index contributed by atoms with van der Waals surface area (Å²) in [6.07, 6.45) is 3.85. The van der Waals surface area contributed by atoms with Gasteiger partial charge in [0.1, 0.15) is 24.8 Å². The molecule has 0 spiro atoms. The molecule has 1 amide bonds. The third kappa shape index (κ3) is 5.99. The van der Waals surface area contributed by atoms with Crippen molar-refractivity contribution in [2.75, 3.05) is 33.5 Å². The highest BCUT2D eigenvalue weighted by molar-refractivity contribution is 6.31. The lowest BCUT2D eigenvalue weighted by Gasteiger charge is -2.35. The van der Waals surface area contributed by atoms with Crippen molar-refractivity contribution in [2.24, 2.45) is 4.99 Å². The largest absolute Gasteiger partial charge is 0.493 e. The van der Waals surface area contributed by atoms with Crippen LogP contribution in [-0.2, 0) is 6.42 Å². The molecule has 1 atom stereocenters. The first-order chi connectivity index (χ1) is 20.5. The van der Waals surface area contributed by atoms with E-state index in [2.05, 4.69) is 15.4 Å². The monoisotopic (exact) mass is 607 g/mol. The van der Waals surface area contributed by atoms with Crippen LogP contribution in [0.1, 0.15) is 35.7 Å². The third-order valence-electron chi connectivity index (χ3n) is 7.48. The summed E-state index contributed by atoms with van der Waals surface area (Å²) in [5.41, 5.74) is 7.04. The molecule has 0 aliphatic carbocycles. The lowest BCUT2D eigenvalue weighted by molar-refractivity contribution is 0.135. The molecule has 2 N–H and O–H groups in total. The van der Waals surface area contributed by atoms with Crippen LogP contribution >= 0.6 is 23.2 Å². The van der Waals surface area contributed by atoms with Gasteiger partial charge in [0.05, 0.1) is 13.7 Å². The van der Waals surface area contributed by atoms with Gasteiger partial charge in [-0.2, -0.15) is 0 Å². The zero-order valence-electron chi connectivity index (χ0n) is 23.1. The van der Waals surface area contributed by atoms with Gasteiger partial charge in [0, 0.05) is 39.7 Å². The average molecular weight is 609 g/mol. The fourth-order valence-corrected chi connectivity index (χ4v) is 5.75. The number of nitrogens with one attached hydrogen (secondary N) is 2. The molecule has 0 bridgehead atoms. The second-order valence-corrected chi connectivity index (χ2v) is 11.0. The number of benzene rings is 3. The second kappa shape index (κ2) is 12.5. The molecule has 218 valence electrons. The zero-order chi connectivity index (χ0) is 29.1. The molecule has 1 aromatic heterocycles. The van der Waals surface area contributed by atoms with Gasteiger partial charge in [0.15, 0.2) is 11.5 Å². The Morgan fingerprint density at radius 2 is 1.86 bits per heavy atom. The fourth-order valence-electron chi connectivity index (χ4n) is 5.45. The predicted octanol–water partition coefficient (Wildman–Crippen LogP) is 6.59. The Balaban J connectivity index is 1.27. The maximum Gasteiger partial charge on any atom is 0.416 e. The van der Waals surface area contributed by atoms with Crippen molar-refractivity contribution in [3.05, 3.63) is 87.5 Å². The Labute approximate surface area is 253 Å². The van der Waals surface area contributed by atoms with Crippen LogP contribution in [0.2, 0.25) is 10.0 Å². The number of fused-ring (bicyclic) bond motifs is 3. The molecule has 0 fully saturated rings. The number of rotatable bonds is 9. The molecule has 0 radical (unpaired) electrons. The number of nitrogens with zero attached hydrogens (tertiary/aromatic N) is 3. The summed E-state index contributed by atoms with van der Waals surface area (Å²) in [6.45, 7) is 2.51. The number of methoxy groups -OCH3 is 1. The molecular weight excluding hydrogens is 577 g/mol. The van der Waals surface area contributed by atoms with Crippen LogP contribution in [0.25, 0.3) is 10.9 Å². The van der Waals surface area contributed by atoms with Crippen LogP contribution < -0.4 is 19.6 Å². The molecule has 3 aromatic carbocycles. The van der Waals surface area contributed by atoms with Crippen LogP contribution in [0.5, 0.6) is 17.2 Å². The SMILES string of the molecule is COc1cc(C2c3[nH]c4ccc(Cl)cc4c3CCN2C(=O)Oc2ccc(Cl)cc2)ccc1OCCCCN1C=NCN1. The Hall–Kier alpha value is -3.92. The summed E-state index contributed by atoms with van der Waals surface area (Å²) in [5, 5.41) is 4.27. The second-order valence-electron chi connectivity index (χ2n) is 10.1. The first-order valence-corrected chi connectivity index (χ1v) is 14.6. The molecular formula is C31H31Cl2N5O4. The molecule has 2 aliphatic rings. The minimum Gasteiger partial charge on any atom is -0.493 e. The Morgan fingerprint density at radius 3 is 2.64 bits per heavy atom. The average Bonchev–Trinajstić information content (AvgIpc) is 3.65. The highest BCUT2D eigenvalue weighted by Gasteiger charge is 2.36. The van der Waals surface area contributed by atoms with Gasteiger partial charge in [-0.3, -0.25) is 14.9 Å². The maximum atomic E-state index is 13.6. The van der Waals surface area contributed by atoms with E-state index in [1.165, 1.54) is 0 Å². The lowest BCUT2D eigenvalue weighted by atomic mass is 9.92. The minimum absolute atomic E-state index is 0.423. The van der Waals surface area contributed by atoms with E-state index >= 15 is 0 Å². The number of halogens is 2. The molecule has 2 aliphatic heterocycles. The van der Waals surface area contributed by atoms with Crippen molar-refractivity contribution in [2.45, 2.75) is 25.3 Å². The number of aromatic nitrogens is 1. The van der Waals surface area contributed by atoms with Gasteiger partial charge in [-0.1, -0.05) is 29.3 Å². The Morgan fingerprint density at radius 1 is 1.02 bits per heavy atom. The number of H-pyrrole nitrogens is 1. The van der Waals surface area contributed by atoms with Crippen LogP contribution in [0.3, 0.4) is 0 Å². The summed E-state index contributed by atoms with van der Waals surface area (Å²) < 4.78 is 17.6. The first-order valence-electron chi connectivity index (χ1n) is 13.8. The molecule has 4 aromatic rings. The minimum atomic E-state index is -0.457. The number of aliphatic imine (C=N–C) groups is 1. The number of unbranched alkanes of at least 4 members (excludes halogenated alkanes) is 1. The molecule has 0 saturated heterocycles. The summed E-state index contributed by atoms with van der Waals surface area (Å²) in [4.78, 5) is 23.0. The molecule has 6 rings (SSSR count). The van der Waals surface area contributed by atoms with Gasteiger partial charge >= 0.3 is 6.09 Å². The predicted molar refractivity (Wildman–Crippen MR) is 164 cm³/mol. The van der Waals surface area contributed by atoms with Crippen LogP contribution in [0.15, 0.2) is 65.7 Å². The smallest absolute Gasteiger partial charge is 0.416 e. The van der Waals surface area contributed by atoms with E-state index in [-0.39, 0.29) is 0 Å². The van der Waals surface area contributed by atoms with Crippen LogP contribution in [0, 0.1) is 0 Å². The summed E-state index contributed by atoms with van der Waals surface area (Å²) in [5.74, 6) is 1.67. The molecule has 9 nitrogen and oxygen atoms in total. The number of amides is 1. The quantitative estimate of drug-likeness (QED) is 0.208. The number of aromatic amines is 1. The maximum absolute atomic E-state index is 13.6. The van der Waals surface area contributed by atoms with Gasteiger partial charge in [-0.05, 0) is 85.0 Å². The van der Waals surface area contributed by atoms with Crippen molar-refractivity contribution in [3.63, 3.8) is 0 Å².